The van der Waals surface area contributed by atoms with Crippen molar-refractivity contribution in [3.8, 4) is 0 Å². The largest absolute Gasteiger partial charge is 0.352 e. The summed E-state index contributed by atoms with van der Waals surface area (Å²) in [5.41, 5.74) is 3.42. The van der Waals surface area contributed by atoms with E-state index in [0.717, 1.165) is 17.7 Å². The van der Waals surface area contributed by atoms with Crippen LogP contribution in [0.1, 0.15) is 28.8 Å². The van der Waals surface area contributed by atoms with Gasteiger partial charge in [-0.2, -0.15) is 11.3 Å². The molecule has 106 valence electrons. The summed E-state index contributed by atoms with van der Waals surface area (Å²) >= 11 is 1.63. The minimum Gasteiger partial charge on any atom is -0.352 e. The van der Waals surface area contributed by atoms with Crippen molar-refractivity contribution in [2.45, 2.75) is 33.2 Å². The molecule has 20 heavy (non-hydrogen) atoms. The van der Waals surface area contributed by atoms with Gasteiger partial charge in [0.15, 0.2) is 0 Å². The number of carbonyl (C=O) groups is 1. The Hall–Kier alpha value is -1.88. The SMILES string of the molecule is Cc1cc(C)c(CNC(=O)CCc2ccsc2)c(=O)[nH]1. The molecule has 2 heterocycles. The smallest absolute Gasteiger partial charge is 0.253 e. The molecule has 0 atom stereocenters. The summed E-state index contributed by atoms with van der Waals surface area (Å²) in [6.07, 6.45) is 1.18. The molecule has 1 amide bonds. The number of hydrogen-bond donors (Lipinski definition) is 2. The molecule has 4 nitrogen and oxygen atoms in total. The highest BCUT2D eigenvalue weighted by atomic mass is 32.1. The topological polar surface area (TPSA) is 62.0 Å². The van der Waals surface area contributed by atoms with Crippen molar-refractivity contribution in [2.75, 3.05) is 0 Å². The van der Waals surface area contributed by atoms with Gasteiger partial charge < -0.3 is 10.3 Å². The van der Waals surface area contributed by atoms with Crippen molar-refractivity contribution in [3.05, 3.63) is 55.6 Å². The minimum absolute atomic E-state index is 0.0319. The summed E-state index contributed by atoms with van der Waals surface area (Å²) in [7, 11) is 0. The number of hydrogen-bond acceptors (Lipinski definition) is 3. The van der Waals surface area contributed by atoms with E-state index in [2.05, 4.69) is 10.3 Å². The van der Waals surface area contributed by atoms with Crippen LogP contribution in [0.5, 0.6) is 0 Å². The van der Waals surface area contributed by atoms with Crippen LogP contribution in [0.2, 0.25) is 0 Å². The fourth-order valence-corrected chi connectivity index (χ4v) is 2.77. The predicted octanol–water partition coefficient (Wildman–Crippen LogP) is 2.30. The van der Waals surface area contributed by atoms with E-state index < -0.39 is 0 Å². The van der Waals surface area contributed by atoms with Crippen LogP contribution in [0.4, 0.5) is 0 Å². The van der Waals surface area contributed by atoms with Crippen molar-refractivity contribution in [2.24, 2.45) is 0 Å². The monoisotopic (exact) mass is 290 g/mol. The maximum absolute atomic E-state index is 11.8. The summed E-state index contributed by atoms with van der Waals surface area (Å²) in [6, 6.07) is 3.93. The van der Waals surface area contributed by atoms with E-state index in [4.69, 9.17) is 0 Å². The van der Waals surface area contributed by atoms with Crippen LogP contribution in [-0.2, 0) is 17.8 Å². The first-order chi connectivity index (χ1) is 9.56. The molecule has 2 aromatic rings. The zero-order valence-electron chi connectivity index (χ0n) is 11.7. The highest BCUT2D eigenvalue weighted by molar-refractivity contribution is 7.07. The molecule has 0 radical (unpaired) electrons. The minimum atomic E-state index is -0.124. The maximum atomic E-state index is 11.8. The lowest BCUT2D eigenvalue weighted by atomic mass is 10.1. The summed E-state index contributed by atoms with van der Waals surface area (Å²) in [5.74, 6) is -0.0319. The van der Waals surface area contributed by atoms with Gasteiger partial charge in [-0.15, -0.1) is 0 Å². The van der Waals surface area contributed by atoms with Crippen molar-refractivity contribution in [1.82, 2.24) is 10.3 Å². The Balaban J connectivity index is 1.89. The number of pyridine rings is 1. The van der Waals surface area contributed by atoms with Crippen LogP contribution in [0.15, 0.2) is 27.7 Å². The standard InChI is InChI=1S/C15H18N2O2S/c1-10-7-11(2)17-15(19)13(10)8-16-14(18)4-3-12-5-6-20-9-12/h5-7,9H,3-4,8H2,1-2H3,(H,16,18)(H,17,19). The van der Waals surface area contributed by atoms with Gasteiger partial charge in [-0.05, 0) is 54.3 Å². The second-order valence-corrected chi connectivity index (χ2v) is 5.63. The zero-order valence-corrected chi connectivity index (χ0v) is 12.5. The van der Waals surface area contributed by atoms with Crippen molar-refractivity contribution < 1.29 is 4.79 Å². The number of H-pyrrole nitrogens is 1. The summed E-state index contributed by atoms with van der Waals surface area (Å²) in [5, 5.41) is 6.85. The van der Waals surface area contributed by atoms with E-state index in [1.807, 2.05) is 36.7 Å². The molecule has 2 N–H and O–H groups in total. The molecule has 0 spiro atoms. The van der Waals surface area contributed by atoms with Gasteiger partial charge in [-0.25, -0.2) is 0 Å². The normalized spacial score (nSPS) is 10.5. The predicted molar refractivity (Wildman–Crippen MR) is 81.0 cm³/mol. The summed E-state index contributed by atoms with van der Waals surface area (Å²) < 4.78 is 0. The Morgan fingerprint density at radius 3 is 2.85 bits per heavy atom. The number of aromatic nitrogens is 1. The molecular weight excluding hydrogens is 272 g/mol. The average molecular weight is 290 g/mol. The number of aromatic amines is 1. The number of rotatable bonds is 5. The third-order valence-electron chi connectivity index (χ3n) is 3.18. The molecule has 0 saturated carbocycles. The van der Waals surface area contributed by atoms with Gasteiger partial charge in [-0.1, -0.05) is 0 Å². The Bertz CT molecular complexity index is 644. The van der Waals surface area contributed by atoms with Gasteiger partial charge in [0.2, 0.25) is 5.91 Å². The van der Waals surface area contributed by atoms with E-state index in [1.165, 1.54) is 5.56 Å². The highest BCUT2D eigenvalue weighted by Gasteiger charge is 2.07. The fourth-order valence-electron chi connectivity index (χ4n) is 2.07. The lowest BCUT2D eigenvalue weighted by Gasteiger charge is -2.08. The zero-order chi connectivity index (χ0) is 14.5. The molecular formula is C15H18N2O2S. The molecule has 0 bridgehead atoms. The Kier molecular flexibility index (Phi) is 4.74. The van der Waals surface area contributed by atoms with Crippen LogP contribution in [-0.4, -0.2) is 10.9 Å². The molecule has 0 aromatic carbocycles. The maximum Gasteiger partial charge on any atom is 0.253 e. The van der Waals surface area contributed by atoms with Gasteiger partial charge in [0, 0.05) is 24.2 Å². The number of nitrogens with one attached hydrogen (secondary N) is 2. The van der Waals surface area contributed by atoms with Gasteiger partial charge in [0.1, 0.15) is 0 Å². The molecule has 0 saturated heterocycles. The van der Waals surface area contributed by atoms with Crippen molar-refractivity contribution in [1.29, 1.82) is 0 Å². The van der Waals surface area contributed by atoms with Gasteiger partial charge in [0.05, 0.1) is 0 Å². The Morgan fingerprint density at radius 2 is 2.20 bits per heavy atom. The first-order valence-corrected chi connectivity index (χ1v) is 7.47. The van der Waals surface area contributed by atoms with Crippen LogP contribution in [0, 0.1) is 13.8 Å². The summed E-state index contributed by atoms with van der Waals surface area (Å²) in [4.78, 5) is 26.3. The molecule has 0 fully saturated rings. The third kappa shape index (κ3) is 3.81. The second kappa shape index (κ2) is 6.52. The van der Waals surface area contributed by atoms with Crippen LogP contribution < -0.4 is 10.9 Å². The van der Waals surface area contributed by atoms with Crippen molar-refractivity contribution >= 4 is 17.2 Å². The van der Waals surface area contributed by atoms with Gasteiger partial charge in [0.25, 0.3) is 5.56 Å². The quantitative estimate of drug-likeness (QED) is 0.887. The number of amides is 1. The van der Waals surface area contributed by atoms with Gasteiger partial charge >= 0.3 is 0 Å². The molecule has 2 aromatic heterocycles. The third-order valence-corrected chi connectivity index (χ3v) is 3.91. The lowest BCUT2D eigenvalue weighted by Crippen LogP contribution is -2.28. The van der Waals surface area contributed by atoms with E-state index >= 15 is 0 Å². The molecule has 0 aliphatic carbocycles. The highest BCUT2D eigenvalue weighted by Crippen LogP contribution is 2.08. The molecule has 0 unspecified atom stereocenters. The fraction of sp³-hybridized carbons (Fsp3) is 0.333. The van der Waals surface area contributed by atoms with E-state index in [0.29, 0.717) is 12.0 Å². The molecule has 0 aliphatic heterocycles. The Labute approximate surface area is 121 Å². The first kappa shape index (κ1) is 14.5. The van der Waals surface area contributed by atoms with Crippen LogP contribution in [0.3, 0.4) is 0 Å². The number of carbonyl (C=O) groups excluding carboxylic acids is 1. The van der Waals surface area contributed by atoms with Crippen LogP contribution >= 0.6 is 11.3 Å². The molecule has 2 rings (SSSR count). The van der Waals surface area contributed by atoms with E-state index in [-0.39, 0.29) is 18.0 Å². The second-order valence-electron chi connectivity index (χ2n) is 4.85. The molecule has 5 heteroatoms. The van der Waals surface area contributed by atoms with Crippen LogP contribution in [0.25, 0.3) is 0 Å². The van der Waals surface area contributed by atoms with Crippen molar-refractivity contribution in [3.63, 3.8) is 0 Å². The average Bonchev–Trinajstić information content (AvgIpc) is 2.88. The number of thiophene rings is 1. The first-order valence-electron chi connectivity index (χ1n) is 6.53. The molecule has 0 aliphatic rings. The van der Waals surface area contributed by atoms with E-state index in [9.17, 15) is 9.59 Å². The number of aryl methyl sites for hydroxylation is 3. The lowest BCUT2D eigenvalue weighted by molar-refractivity contribution is -0.121. The van der Waals surface area contributed by atoms with E-state index in [1.54, 1.807) is 11.3 Å². The Morgan fingerprint density at radius 1 is 1.40 bits per heavy atom. The van der Waals surface area contributed by atoms with Gasteiger partial charge in [-0.3, -0.25) is 9.59 Å². The summed E-state index contributed by atoms with van der Waals surface area (Å²) in [6.45, 7) is 4.01.